The van der Waals surface area contributed by atoms with Crippen LogP contribution in [0.25, 0.3) is 0 Å². The van der Waals surface area contributed by atoms with Gasteiger partial charge in [0.25, 0.3) is 0 Å². The van der Waals surface area contributed by atoms with Gasteiger partial charge in [-0.25, -0.2) is 0 Å². The van der Waals surface area contributed by atoms with Crippen molar-refractivity contribution in [3.63, 3.8) is 0 Å². The SMILES string of the molecule is CC(C)(C)CC1NC(N)CC1C#N. The Labute approximate surface area is 80.3 Å². The molecule has 3 nitrogen and oxygen atoms in total. The molecule has 3 heteroatoms. The molecule has 13 heavy (non-hydrogen) atoms. The van der Waals surface area contributed by atoms with Gasteiger partial charge in [0.1, 0.15) is 0 Å². The number of nitrogens with two attached hydrogens (primary N) is 1. The van der Waals surface area contributed by atoms with E-state index in [4.69, 9.17) is 11.0 Å². The smallest absolute Gasteiger partial charge is 0.0673 e. The van der Waals surface area contributed by atoms with Gasteiger partial charge in [0.15, 0.2) is 0 Å². The van der Waals surface area contributed by atoms with Crippen molar-refractivity contribution in [2.45, 2.75) is 45.8 Å². The first kappa shape index (κ1) is 10.5. The Morgan fingerprint density at radius 3 is 2.62 bits per heavy atom. The molecule has 0 spiro atoms. The highest BCUT2D eigenvalue weighted by Gasteiger charge is 2.34. The van der Waals surface area contributed by atoms with Crippen LogP contribution < -0.4 is 11.1 Å². The summed E-state index contributed by atoms with van der Waals surface area (Å²) >= 11 is 0. The summed E-state index contributed by atoms with van der Waals surface area (Å²) in [7, 11) is 0. The second kappa shape index (κ2) is 3.65. The fourth-order valence-corrected chi connectivity index (χ4v) is 1.90. The minimum Gasteiger partial charge on any atom is -0.316 e. The zero-order valence-electron chi connectivity index (χ0n) is 8.67. The summed E-state index contributed by atoms with van der Waals surface area (Å²) in [5.74, 6) is 0.0919. The van der Waals surface area contributed by atoms with Gasteiger partial charge in [0, 0.05) is 6.04 Å². The maximum absolute atomic E-state index is 8.91. The third-order valence-corrected chi connectivity index (χ3v) is 2.42. The quantitative estimate of drug-likeness (QED) is 0.639. The molecule has 3 N–H and O–H groups in total. The second-order valence-electron chi connectivity index (χ2n) is 5.12. The summed E-state index contributed by atoms with van der Waals surface area (Å²) in [6.45, 7) is 6.56. The summed E-state index contributed by atoms with van der Waals surface area (Å²) in [6, 6.07) is 2.60. The van der Waals surface area contributed by atoms with E-state index in [1.54, 1.807) is 0 Å². The molecule has 1 aliphatic heterocycles. The number of rotatable bonds is 1. The van der Waals surface area contributed by atoms with Crippen LogP contribution in [0.15, 0.2) is 0 Å². The van der Waals surface area contributed by atoms with Gasteiger partial charge in [0.2, 0.25) is 0 Å². The molecule has 0 aliphatic carbocycles. The van der Waals surface area contributed by atoms with Gasteiger partial charge in [-0.05, 0) is 18.3 Å². The molecule has 0 aromatic heterocycles. The molecular weight excluding hydrogens is 162 g/mol. The average Bonchev–Trinajstić information content (AvgIpc) is 2.27. The molecule has 1 fully saturated rings. The van der Waals surface area contributed by atoms with Crippen LogP contribution in [-0.4, -0.2) is 12.2 Å². The van der Waals surface area contributed by atoms with E-state index >= 15 is 0 Å². The maximum Gasteiger partial charge on any atom is 0.0673 e. The van der Waals surface area contributed by atoms with Gasteiger partial charge in [-0.1, -0.05) is 20.8 Å². The normalized spacial score (nSPS) is 34.5. The number of nitriles is 1. The monoisotopic (exact) mass is 181 g/mol. The van der Waals surface area contributed by atoms with Gasteiger partial charge in [-0.3, -0.25) is 5.32 Å². The highest BCUT2D eigenvalue weighted by molar-refractivity contribution is 5.00. The van der Waals surface area contributed by atoms with Crippen LogP contribution in [0.4, 0.5) is 0 Å². The van der Waals surface area contributed by atoms with E-state index in [-0.39, 0.29) is 23.5 Å². The number of hydrogen-bond donors (Lipinski definition) is 2. The first-order valence-electron chi connectivity index (χ1n) is 4.83. The minimum atomic E-state index is 0.0111. The van der Waals surface area contributed by atoms with E-state index in [0.29, 0.717) is 0 Å². The standard InChI is InChI=1S/C10H19N3/c1-10(2,3)5-8-7(6-11)4-9(12)13-8/h7-9,13H,4-5,12H2,1-3H3. The van der Waals surface area contributed by atoms with E-state index < -0.39 is 0 Å². The highest BCUT2D eigenvalue weighted by atomic mass is 15.1. The fraction of sp³-hybridized carbons (Fsp3) is 0.900. The second-order valence-corrected chi connectivity index (χ2v) is 5.12. The summed E-state index contributed by atoms with van der Waals surface area (Å²) in [4.78, 5) is 0. The summed E-state index contributed by atoms with van der Waals surface area (Å²) < 4.78 is 0. The molecule has 0 aromatic rings. The molecule has 74 valence electrons. The Hall–Kier alpha value is -0.590. The molecule has 1 saturated heterocycles. The number of nitrogens with one attached hydrogen (secondary N) is 1. The van der Waals surface area contributed by atoms with Crippen molar-refractivity contribution in [3.05, 3.63) is 0 Å². The largest absolute Gasteiger partial charge is 0.316 e. The molecule has 0 saturated carbocycles. The minimum absolute atomic E-state index is 0.0111. The third-order valence-electron chi connectivity index (χ3n) is 2.42. The van der Waals surface area contributed by atoms with Crippen molar-refractivity contribution in [1.29, 1.82) is 5.26 Å². The summed E-state index contributed by atoms with van der Waals surface area (Å²) in [5, 5.41) is 12.2. The van der Waals surface area contributed by atoms with Crippen molar-refractivity contribution < 1.29 is 0 Å². The number of hydrogen-bond acceptors (Lipinski definition) is 3. The van der Waals surface area contributed by atoms with Crippen LogP contribution in [0.3, 0.4) is 0 Å². The van der Waals surface area contributed by atoms with Gasteiger partial charge >= 0.3 is 0 Å². The van der Waals surface area contributed by atoms with Crippen LogP contribution in [0, 0.1) is 22.7 Å². The molecule has 1 heterocycles. The molecule has 1 aliphatic rings. The summed E-state index contributed by atoms with van der Waals surface area (Å²) in [5.41, 5.74) is 6.01. The zero-order chi connectivity index (χ0) is 10.1. The van der Waals surface area contributed by atoms with Crippen molar-refractivity contribution in [3.8, 4) is 6.07 Å². The fourth-order valence-electron chi connectivity index (χ4n) is 1.90. The van der Waals surface area contributed by atoms with Crippen molar-refractivity contribution in [2.75, 3.05) is 0 Å². The van der Waals surface area contributed by atoms with Crippen LogP contribution in [0.2, 0.25) is 0 Å². The summed E-state index contributed by atoms with van der Waals surface area (Å²) in [6.07, 6.45) is 1.81. The Bertz CT molecular complexity index is 211. The van der Waals surface area contributed by atoms with E-state index in [9.17, 15) is 0 Å². The van der Waals surface area contributed by atoms with E-state index in [0.717, 1.165) is 12.8 Å². The Morgan fingerprint density at radius 1 is 1.54 bits per heavy atom. The van der Waals surface area contributed by atoms with Crippen molar-refractivity contribution in [2.24, 2.45) is 17.1 Å². The molecule has 1 rings (SSSR count). The van der Waals surface area contributed by atoms with Gasteiger partial charge in [-0.2, -0.15) is 5.26 Å². The van der Waals surface area contributed by atoms with Gasteiger partial charge < -0.3 is 5.73 Å². The lowest BCUT2D eigenvalue weighted by molar-refractivity contribution is 0.304. The van der Waals surface area contributed by atoms with Gasteiger partial charge in [-0.15, -0.1) is 0 Å². The third kappa shape index (κ3) is 2.98. The Kier molecular flexibility index (Phi) is 2.94. The topological polar surface area (TPSA) is 61.8 Å². The zero-order valence-corrected chi connectivity index (χ0v) is 8.67. The lowest BCUT2D eigenvalue weighted by Crippen LogP contribution is -2.38. The predicted molar refractivity (Wildman–Crippen MR) is 52.7 cm³/mol. The van der Waals surface area contributed by atoms with Crippen molar-refractivity contribution in [1.82, 2.24) is 5.32 Å². The van der Waals surface area contributed by atoms with Crippen LogP contribution in [0.1, 0.15) is 33.6 Å². The molecule has 3 unspecified atom stereocenters. The maximum atomic E-state index is 8.91. The van der Waals surface area contributed by atoms with Crippen molar-refractivity contribution >= 4 is 0 Å². The van der Waals surface area contributed by atoms with E-state index in [2.05, 4.69) is 32.2 Å². The molecular formula is C10H19N3. The Balaban J connectivity index is 2.55. The molecule has 0 aromatic carbocycles. The average molecular weight is 181 g/mol. The van der Waals surface area contributed by atoms with E-state index in [1.165, 1.54) is 0 Å². The molecule has 3 atom stereocenters. The first-order chi connectivity index (χ1) is 5.92. The highest BCUT2D eigenvalue weighted by Crippen LogP contribution is 2.28. The number of nitrogens with zero attached hydrogens (tertiary/aromatic N) is 1. The molecule has 0 radical (unpaired) electrons. The first-order valence-corrected chi connectivity index (χ1v) is 4.83. The van der Waals surface area contributed by atoms with E-state index in [1.807, 2.05) is 0 Å². The van der Waals surface area contributed by atoms with Crippen LogP contribution >= 0.6 is 0 Å². The van der Waals surface area contributed by atoms with Gasteiger partial charge in [0.05, 0.1) is 18.2 Å². The van der Waals surface area contributed by atoms with Crippen LogP contribution in [0.5, 0.6) is 0 Å². The lowest BCUT2D eigenvalue weighted by atomic mass is 9.84. The lowest BCUT2D eigenvalue weighted by Gasteiger charge is -2.24. The Morgan fingerprint density at radius 2 is 2.15 bits per heavy atom. The van der Waals surface area contributed by atoms with Crippen LogP contribution in [-0.2, 0) is 0 Å². The molecule has 0 amide bonds. The molecule has 0 bridgehead atoms. The predicted octanol–water partition coefficient (Wildman–Crippen LogP) is 1.21.